The molecule has 6 heteroatoms. The molecule has 0 amide bonds. The Morgan fingerprint density at radius 2 is 1.94 bits per heavy atom. The predicted molar refractivity (Wildman–Crippen MR) is 59.5 cm³/mol. The van der Waals surface area contributed by atoms with Crippen LogP contribution in [-0.4, -0.2) is 17.8 Å². The fraction of sp³-hybridized carbons (Fsp3) is 0.500. The van der Waals surface area contributed by atoms with Crippen molar-refractivity contribution in [3.05, 3.63) is 35.1 Å². The SMILES string of the molecule is CC(N)C(CCO)c1ccc(F)c(C(F)(F)F)c1. The van der Waals surface area contributed by atoms with Gasteiger partial charge in [0.25, 0.3) is 0 Å². The molecule has 0 heterocycles. The number of aliphatic hydroxyl groups is 1. The van der Waals surface area contributed by atoms with Gasteiger partial charge in [-0.2, -0.15) is 13.2 Å². The van der Waals surface area contributed by atoms with E-state index < -0.39 is 29.5 Å². The summed E-state index contributed by atoms with van der Waals surface area (Å²) in [4.78, 5) is 0. The zero-order valence-electron chi connectivity index (χ0n) is 9.84. The van der Waals surface area contributed by atoms with Crippen molar-refractivity contribution in [2.45, 2.75) is 31.5 Å². The maximum atomic E-state index is 13.1. The summed E-state index contributed by atoms with van der Waals surface area (Å²) in [7, 11) is 0. The molecule has 0 saturated heterocycles. The number of hydrogen-bond acceptors (Lipinski definition) is 2. The lowest BCUT2D eigenvalue weighted by molar-refractivity contribution is -0.140. The number of nitrogens with two attached hydrogens (primary N) is 1. The average molecular weight is 265 g/mol. The van der Waals surface area contributed by atoms with E-state index in [-0.39, 0.29) is 18.6 Å². The van der Waals surface area contributed by atoms with Gasteiger partial charge in [-0.15, -0.1) is 0 Å². The first kappa shape index (κ1) is 14.9. The molecule has 0 saturated carbocycles. The van der Waals surface area contributed by atoms with Crippen molar-refractivity contribution in [3.63, 3.8) is 0 Å². The van der Waals surface area contributed by atoms with Gasteiger partial charge in [0.15, 0.2) is 0 Å². The molecule has 1 aromatic rings. The highest BCUT2D eigenvalue weighted by atomic mass is 19.4. The van der Waals surface area contributed by atoms with Crippen molar-refractivity contribution < 1.29 is 22.7 Å². The van der Waals surface area contributed by atoms with Gasteiger partial charge in [0.1, 0.15) is 5.82 Å². The smallest absolute Gasteiger partial charge is 0.396 e. The van der Waals surface area contributed by atoms with Gasteiger partial charge < -0.3 is 10.8 Å². The Bertz CT molecular complexity index is 404. The van der Waals surface area contributed by atoms with E-state index in [0.29, 0.717) is 0 Å². The minimum Gasteiger partial charge on any atom is -0.396 e. The highest BCUT2D eigenvalue weighted by molar-refractivity contribution is 5.30. The molecule has 0 spiro atoms. The standard InChI is InChI=1S/C12H15F4NO/c1-7(17)9(4-5-18)8-2-3-11(13)10(6-8)12(14,15)16/h2-3,6-7,9,18H,4-5,17H2,1H3. The fourth-order valence-corrected chi connectivity index (χ4v) is 1.86. The Morgan fingerprint density at radius 3 is 2.39 bits per heavy atom. The lowest BCUT2D eigenvalue weighted by Crippen LogP contribution is -2.26. The summed E-state index contributed by atoms with van der Waals surface area (Å²) in [5.41, 5.74) is 4.65. The fourth-order valence-electron chi connectivity index (χ4n) is 1.86. The van der Waals surface area contributed by atoms with Crippen LogP contribution < -0.4 is 5.73 Å². The lowest BCUT2D eigenvalue weighted by Gasteiger charge is -2.21. The number of alkyl halides is 3. The van der Waals surface area contributed by atoms with Gasteiger partial charge in [0.05, 0.1) is 5.56 Å². The molecular weight excluding hydrogens is 250 g/mol. The molecule has 0 aromatic heterocycles. The van der Waals surface area contributed by atoms with Gasteiger partial charge >= 0.3 is 6.18 Å². The molecule has 0 fully saturated rings. The molecule has 102 valence electrons. The summed E-state index contributed by atoms with van der Waals surface area (Å²) < 4.78 is 50.8. The van der Waals surface area contributed by atoms with E-state index in [2.05, 4.69) is 0 Å². The molecule has 18 heavy (non-hydrogen) atoms. The Labute approximate surface area is 102 Å². The van der Waals surface area contributed by atoms with Crippen molar-refractivity contribution >= 4 is 0 Å². The second-order valence-corrected chi connectivity index (χ2v) is 4.21. The lowest BCUT2D eigenvalue weighted by atomic mass is 9.89. The third-order valence-electron chi connectivity index (χ3n) is 2.80. The second-order valence-electron chi connectivity index (χ2n) is 4.21. The van der Waals surface area contributed by atoms with E-state index in [9.17, 15) is 17.6 Å². The highest BCUT2D eigenvalue weighted by Gasteiger charge is 2.34. The van der Waals surface area contributed by atoms with Crippen LogP contribution in [0.2, 0.25) is 0 Å². The maximum Gasteiger partial charge on any atom is 0.419 e. The summed E-state index contributed by atoms with van der Waals surface area (Å²) in [5, 5.41) is 8.88. The zero-order chi connectivity index (χ0) is 13.9. The van der Waals surface area contributed by atoms with Crippen LogP contribution in [0.25, 0.3) is 0 Å². The molecule has 0 bridgehead atoms. The van der Waals surface area contributed by atoms with Crippen molar-refractivity contribution in [2.24, 2.45) is 5.73 Å². The minimum atomic E-state index is -4.73. The first-order valence-electron chi connectivity index (χ1n) is 5.50. The molecule has 1 aromatic carbocycles. The van der Waals surface area contributed by atoms with Crippen LogP contribution in [0.15, 0.2) is 18.2 Å². The summed E-state index contributed by atoms with van der Waals surface area (Å²) in [5.74, 6) is -1.74. The van der Waals surface area contributed by atoms with Crippen LogP contribution in [-0.2, 0) is 6.18 Å². The Hall–Kier alpha value is -1.14. The zero-order valence-corrected chi connectivity index (χ0v) is 9.84. The first-order chi connectivity index (χ1) is 8.27. The summed E-state index contributed by atoms with van der Waals surface area (Å²) in [6.07, 6.45) is -4.50. The average Bonchev–Trinajstić information content (AvgIpc) is 2.25. The highest BCUT2D eigenvalue weighted by Crippen LogP contribution is 2.34. The van der Waals surface area contributed by atoms with E-state index in [1.807, 2.05) is 0 Å². The number of rotatable bonds is 4. The topological polar surface area (TPSA) is 46.2 Å². The third-order valence-corrected chi connectivity index (χ3v) is 2.80. The van der Waals surface area contributed by atoms with Crippen LogP contribution in [0.3, 0.4) is 0 Å². The summed E-state index contributed by atoms with van der Waals surface area (Å²) >= 11 is 0. The molecule has 2 unspecified atom stereocenters. The molecule has 0 aliphatic rings. The molecule has 3 N–H and O–H groups in total. The summed E-state index contributed by atoms with van der Waals surface area (Å²) in [6.45, 7) is 1.45. The quantitative estimate of drug-likeness (QED) is 0.822. The molecule has 2 nitrogen and oxygen atoms in total. The molecule has 1 rings (SSSR count). The van der Waals surface area contributed by atoms with Crippen molar-refractivity contribution in [1.82, 2.24) is 0 Å². The van der Waals surface area contributed by atoms with Crippen LogP contribution >= 0.6 is 0 Å². The molecule has 2 atom stereocenters. The minimum absolute atomic E-state index is 0.190. The van der Waals surface area contributed by atoms with E-state index in [0.717, 1.165) is 12.1 Å². The van der Waals surface area contributed by atoms with Gasteiger partial charge in [0.2, 0.25) is 0 Å². The summed E-state index contributed by atoms with van der Waals surface area (Å²) in [6, 6.07) is 2.39. The molecule has 0 aliphatic carbocycles. The van der Waals surface area contributed by atoms with Gasteiger partial charge in [0, 0.05) is 18.6 Å². The van der Waals surface area contributed by atoms with Crippen LogP contribution in [0, 0.1) is 5.82 Å². The molecule has 0 radical (unpaired) electrons. The monoisotopic (exact) mass is 265 g/mol. The van der Waals surface area contributed by atoms with Crippen molar-refractivity contribution in [3.8, 4) is 0 Å². The van der Waals surface area contributed by atoms with Crippen LogP contribution in [0.1, 0.15) is 30.4 Å². The molecular formula is C12H15F4NO. The Kier molecular flexibility index (Phi) is 4.70. The number of halogens is 4. The molecule has 0 aliphatic heterocycles. The van der Waals surface area contributed by atoms with Crippen molar-refractivity contribution in [1.29, 1.82) is 0 Å². The maximum absolute atomic E-state index is 13.1. The first-order valence-corrected chi connectivity index (χ1v) is 5.50. The predicted octanol–water partition coefficient (Wildman–Crippen LogP) is 2.66. The normalized spacial score (nSPS) is 15.5. The Morgan fingerprint density at radius 1 is 1.33 bits per heavy atom. The van der Waals surface area contributed by atoms with E-state index >= 15 is 0 Å². The Balaban J connectivity index is 3.18. The number of aliphatic hydroxyl groups excluding tert-OH is 1. The van der Waals surface area contributed by atoms with Crippen LogP contribution in [0.4, 0.5) is 17.6 Å². The van der Waals surface area contributed by atoms with Crippen LogP contribution in [0.5, 0.6) is 0 Å². The van der Waals surface area contributed by atoms with E-state index in [4.69, 9.17) is 10.8 Å². The number of benzene rings is 1. The van der Waals surface area contributed by atoms with Gasteiger partial charge in [-0.1, -0.05) is 6.07 Å². The van der Waals surface area contributed by atoms with Gasteiger partial charge in [-0.05, 0) is 31.0 Å². The largest absolute Gasteiger partial charge is 0.419 e. The van der Waals surface area contributed by atoms with Gasteiger partial charge in [-0.3, -0.25) is 0 Å². The van der Waals surface area contributed by atoms with E-state index in [1.54, 1.807) is 6.92 Å². The second kappa shape index (κ2) is 5.67. The van der Waals surface area contributed by atoms with E-state index in [1.165, 1.54) is 6.07 Å². The number of hydrogen-bond donors (Lipinski definition) is 2. The third kappa shape index (κ3) is 3.43. The van der Waals surface area contributed by atoms with Crippen molar-refractivity contribution in [2.75, 3.05) is 6.61 Å². The van der Waals surface area contributed by atoms with Gasteiger partial charge in [-0.25, -0.2) is 4.39 Å².